The Morgan fingerprint density at radius 3 is 2.37 bits per heavy atom. The molecule has 27 heavy (non-hydrogen) atoms. The summed E-state index contributed by atoms with van der Waals surface area (Å²) in [4.78, 5) is 28.8. The van der Waals surface area contributed by atoms with E-state index in [0.717, 1.165) is 6.54 Å². The predicted molar refractivity (Wildman–Crippen MR) is 93.8 cm³/mol. The van der Waals surface area contributed by atoms with E-state index in [2.05, 4.69) is 24.0 Å². The first-order valence-electron chi connectivity index (χ1n) is 9.21. The van der Waals surface area contributed by atoms with Crippen LogP contribution in [0.25, 0.3) is 0 Å². The molecular formula is C19H24F3N3O2. The minimum atomic E-state index is -4.94. The molecule has 0 N–H and O–H groups in total. The molecule has 3 rings (SSSR count). The molecule has 0 aliphatic carbocycles. The number of hydrogen-bond donors (Lipinski definition) is 0. The van der Waals surface area contributed by atoms with Gasteiger partial charge in [-0.15, -0.1) is 0 Å². The van der Waals surface area contributed by atoms with Crippen LogP contribution in [0.15, 0.2) is 24.3 Å². The third-order valence-corrected chi connectivity index (χ3v) is 5.38. The summed E-state index contributed by atoms with van der Waals surface area (Å²) in [5.74, 6) is -2.27. The SMILES string of the molecule is Cc1ccccc1CN1CCN(C(=O)C2CCCN2C(=O)C(F)(F)F)CC1. The fourth-order valence-electron chi connectivity index (χ4n) is 3.79. The molecule has 1 aromatic carbocycles. The van der Waals surface area contributed by atoms with Gasteiger partial charge in [0.25, 0.3) is 0 Å². The summed E-state index contributed by atoms with van der Waals surface area (Å²) in [7, 11) is 0. The van der Waals surface area contributed by atoms with E-state index in [1.165, 1.54) is 11.1 Å². The first kappa shape index (κ1) is 19.7. The number of hydrogen-bond acceptors (Lipinski definition) is 3. The highest BCUT2D eigenvalue weighted by atomic mass is 19.4. The molecule has 5 nitrogen and oxygen atoms in total. The van der Waals surface area contributed by atoms with Gasteiger partial charge in [0.2, 0.25) is 5.91 Å². The average Bonchev–Trinajstić information content (AvgIpc) is 3.11. The number of alkyl halides is 3. The third kappa shape index (κ3) is 4.43. The quantitative estimate of drug-likeness (QED) is 0.804. The highest BCUT2D eigenvalue weighted by Crippen LogP contribution is 2.27. The van der Waals surface area contributed by atoms with Gasteiger partial charge >= 0.3 is 12.1 Å². The number of halogens is 3. The standard InChI is InChI=1S/C19H24F3N3O2/c1-14-5-2-3-6-15(14)13-23-9-11-24(12-10-23)17(26)16-7-4-8-25(16)18(27)19(20,21)22/h2-3,5-6,16H,4,7-13H2,1H3. The summed E-state index contributed by atoms with van der Waals surface area (Å²) >= 11 is 0. The average molecular weight is 383 g/mol. The Hall–Kier alpha value is -2.09. The summed E-state index contributed by atoms with van der Waals surface area (Å²) in [6.45, 7) is 5.10. The molecule has 0 spiro atoms. The largest absolute Gasteiger partial charge is 0.471 e. The van der Waals surface area contributed by atoms with Crippen molar-refractivity contribution in [2.24, 2.45) is 0 Å². The Labute approximate surface area is 156 Å². The van der Waals surface area contributed by atoms with Crippen LogP contribution in [0.2, 0.25) is 0 Å². The molecule has 2 saturated heterocycles. The molecule has 2 heterocycles. The van der Waals surface area contributed by atoms with E-state index in [0.29, 0.717) is 43.9 Å². The van der Waals surface area contributed by atoms with Gasteiger partial charge in [-0.25, -0.2) is 0 Å². The fraction of sp³-hybridized carbons (Fsp3) is 0.579. The van der Waals surface area contributed by atoms with E-state index < -0.39 is 18.1 Å². The Kier molecular flexibility index (Phi) is 5.74. The van der Waals surface area contributed by atoms with Gasteiger partial charge in [-0.1, -0.05) is 24.3 Å². The van der Waals surface area contributed by atoms with Gasteiger partial charge < -0.3 is 9.80 Å². The first-order chi connectivity index (χ1) is 12.8. The molecule has 0 bridgehead atoms. The number of likely N-dealkylation sites (tertiary alicyclic amines) is 1. The van der Waals surface area contributed by atoms with Crippen molar-refractivity contribution in [1.82, 2.24) is 14.7 Å². The zero-order chi connectivity index (χ0) is 19.6. The van der Waals surface area contributed by atoms with Gasteiger partial charge in [0.1, 0.15) is 6.04 Å². The van der Waals surface area contributed by atoms with Gasteiger partial charge in [0.05, 0.1) is 0 Å². The van der Waals surface area contributed by atoms with Gasteiger partial charge in [0.15, 0.2) is 0 Å². The minimum absolute atomic E-state index is 0.0119. The maximum absolute atomic E-state index is 12.7. The summed E-state index contributed by atoms with van der Waals surface area (Å²) in [5, 5.41) is 0. The molecule has 0 aromatic heterocycles. The fourth-order valence-corrected chi connectivity index (χ4v) is 3.79. The number of nitrogens with zero attached hydrogens (tertiary/aromatic N) is 3. The van der Waals surface area contributed by atoms with Crippen molar-refractivity contribution in [3.05, 3.63) is 35.4 Å². The van der Waals surface area contributed by atoms with Crippen molar-refractivity contribution in [3.8, 4) is 0 Å². The van der Waals surface area contributed by atoms with E-state index in [9.17, 15) is 22.8 Å². The van der Waals surface area contributed by atoms with Crippen LogP contribution >= 0.6 is 0 Å². The molecule has 2 aliphatic heterocycles. The van der Waals surface area contributed by atoms with Crippen LogP contribution < -0.4 is 0 Å². The molecule has 0 radical (unpaired) electrons. The molecule has 148 valence electrons. The summed E-state index contributed by atoms with van der Waals surface area (Å²) in [6.07, 6.45) is -4.22. The second-order valence-electron chi connectivity index (χ2n) is 7.18. The highest BCUT2D eigenvalue weighted by molar-refractivity contribution is 5.90. The Bertz CT molecular complexity index is 700. The smallest absolute Gasteiger partial charge is 0.338 e. The van der Waals surface area contributed by atoms with E-state index in [4.69, 9.17) is 0 Å². The normalized spacial score (nSPS) is 21.6. The van der Waals surface area contributed by atoms with Crippen molar-refractivity contribution in [2.45, 2.75) is 38.5 Å². The summed E-state index contributed by atoms with van der Waals surface area (Å²) in [5.41, 5.74) is 2.44. The lowest BCUT2D eigenvalue weighted by atomic mass is 10.1. The Morgan fingerprint density at radius 1 is 1.07 bits per heavy atom. The molecule has 2 fully saturated rings. The van der Waals surface area contributed by atoms with Crippen molar-refractivity contribution in [3.63, 3.8) is 0 Å². The number of rotatable bonds is 3. The predicted octanol–water partition coefficient (Wildman–Crippen LogP) is 2.19. The van der Waals surface area contributed by atoms with Crippen LogP contribution in [0, 0.1) is 6.92 Å². The molecule has 2 aliphatic rings. The molecule has 2 amide bonds. The lowest BCUT2D eigenvalue weighted by Gasteiger charge is -2.37. The number of benzene rings is 1. The number of carbonyl (C=O) groups excluding carboxylic acids is 2. The summed E-state index contributed by atoms with van der Waals surface area (Å²) < 4.78 is 38.2. The molecule has 1 atom stereocenters. The minimum Gasteiger partial charge on any atom is -0.338 e. The topological polar surface area (TPSA) is 43.9 Å². The first-order valence-corrected chi connectivity index (χ1v) is 9.21. The van der Waals surface area contributed by atoms with E-state index in [1.807, 2.05) is 12.1 Å². The monoisotopic (exact) mass is 383 g/mol. The van der Waals surface area contributed by atoms with Crippen LogP contribution in [0.1, 0.15) is 24.0 Å². The highest BCUT2D eigenvalue weighted by Gasteiger charge is 2.48. The van der Waals surface area contributed by atoms with Gasteiger partial charge in [0, 0.05) is 39.3 Å². The molecule has 1 unspecified atom stereocenters. The van der Waals surface area contributed by atoms with Crippen LogP contribution in [-0.4, -0.2) is 71.5 Å². The number of carbonyl (C=O) groups is 2. The third-order valence-electron chi connectivity index (χ3n) is 5.38. The molecular weight excluding hydrogens is 359 g/mol. The Balaban J connectivity index is 1.57. The maximum atomic E-state index is 12.7. The molecule has 8 heteroatoms. The van der Waals surface area contributed by atoms with Crippen molar-refractivity contribution in [1.29, 1.82) is 0 Å². The van der Waals surface area contributed by atoms with Gasteiger partial charge in [-0.2, -0.15) is 13.2 Å². The summed E-state index contributed by atoms with van der Waals surface area (Å²) in [6, 6.07) is 7.13. The zero-order valence-electron chi connectivity index (χ0n) is 15.3. The van der Waals surface area contributed by atoms with E-state index >= 15 is 0 Å². The van der Waals surface area contributed by atoms with E-state index in [-0.39, 0.29) is 12.5 Å². The second kappa shape index (κ2) is 7.88. The lowest BCUT2D eigenvalue weighted by molar-refractivity contribution is -0.187. The van der Waals surface area contributed by atoms with Crippen molar-refractivity contribution >= 4 is 11.8 Å². The second-order valence-corrected chi connectivity index (χ2v) is 7.18. The van der Waals surface area contributed by atoms with E-state index in [1.54, 1.807) is 4.90 Å². The maximum Gasteiger partial charge on any atom is 0.471 e. The van der Waals surface area contributed by atoms with Crippen LogP contribution in [-0.2, 0) is 16.1 Å². The van der Waals surface area contributed by atoms with Gasteiger partial charge in [-0.3, -0.25) is 14.5 Å². The van der Waals surface area contributed by atoms with Crippen molar-refractivity contribution in [2.75, 3.05) is 32.7 Å². The molecule has 1 aromatic rings. The van der Waals surface area contributed by atoms with Crippen LogP contribution in [0.4, 0.5) is 13.2 Å². The van der Waals surface area contributed by atoms with Crippen LogP contribution in [0.5, 0.6) is 0 Å². The number of amides is 2. The van der Waals surface area contributed by atoms with Crippen LogP contribution in [0.3, 0.4) is 0 Å². The van der Waals surface area contributed by atoms with Gasteiger partial charge in [-0.05, 0) is 30.9 Å². The number of aryl methyl sites for hydroxylation is 1. The lowest BCUT2D eigenvalue weighted by Crippen LogP contribution is -2.55. The van der Waals surface area contributed by atoms with Crippen molar-refractivity contribution < 1.29 is 22.8 Å². The zero-order valence-corrected chi connectivity index (χ0v) is 15.3. The molecule has 0 saturated carbocycles. The Morgan fingerprint density at radius 2 is 1.74 bits per heavy atom. The number of piperazine rings is 1.